The summed E-state index contributed by atoms with van der Waals surface area (Å²) in [6.07, 6.45) is 45.1. The smallest absolute Gasteiger partial charge is 0.306 e. The zero-order valence-electron chi connectivity index (χ0n) is 41.3. The average molecular weight is 849 g/mol. The Morgan fingerprint density at radius 3 is 0.867 bits per heavy atom. The van der Waals surface area contributed by atoms with Crippen molar-refractivity contribution >= 4 is 17.9 Å². The zero-order chi connectivity index (χ0) is 44.2. The summed E-state index contributed by atoms with van der Waals surface area (Å²) in [6.45, 7) is 13.7. The molecule has 6 heteroatoms. The number of carbonyl (C=O) groups is 3. The van der Waals surface area contributed by atoms with E-state index in [2.05, 4.69) is 41.5 Å². The van der Waals surface area contributed by atoms with Gasteiger partial charge in [-0.1, -0.05) is 253 Å². The zero-order valence-corrected chi connectivity index (χ0v) is 41.3. The van der Waals surface area contributed by atoms with Crippen molar-refractivity contribution < 1.29 is 28.6 Å². The molecule has 0 bridgehead atoms. The molecule has 2 unspecified atom stereocenters. The van der Waals surface area contributed by atoms with Gasteiger partial charge in [-0.2, -0.15) is 0 Å². The van der Waals surface area contributed by atoms with Crippen LogP contribution in [0.2, 0.25) is 0 Å². The van der Waals surface area contributed by atoms with E-state index in [1.165, 1.54) is 173 Å². The van der Waals surface area contributed by atoms with Gasteiger partial charge >= 0.3 is 17.9 Å². The number of ether oxygens (including phenoxy) is 3. The minimum atomic E-state index is -0.763. The van der Waals surface area contributed by atoms with Crippen molar-refractivity contribution in [3.8, 4) is 0 Å². The van der Waals surface area contributed by atoms with Gasteiger partial charge in [0.05, 0.1) is 0 Å². The van der Waals surface area contributed by atoms with Gasteiger partial charge in [-0.15, -0.1) is 0 Å². The topological polar surface area (TPSA) is 78.9 Å². The molecule has 0 aromatic heterocycles. The Labute approximate surface area is 374 Å². The summed E-state index contributed by atoms with van der Waals surface area (Å²) in [5.41, 5.74) is 0. The molecule has 0 saturated heterocycles. The Hall–Kier alpha value is -1.59. The first-order valence-electron chi connectivity index (χ1n) is 26.7. The Morgan fingerprint density at radius 2 is 0.583 bits per heavy atom. The van der Waals surface area contributed by atoms with Crippen LogP contribution in [0.15, 0.2) is 0 Å². The van der Waals surface area contributed by atoms with Crippen LogP contribution >= 0.6 is 0 Å². The van der Waals surface area contributed by atoms with E-state index in [0.717, 1.165) is 75.5 Å². The highest BCUT2D eigenvalue weighted by Crippen LogP contribution is 2.18. The summed E-state index contributed by atoms with van der Waals surface area (Å²) in [6, 6.07) is 0. The first-order valence-corrected chi connectivity index (χ1v) is 26.7. The van der Waals surface area contributed by atoms with E-state index in [9.17, 15) is 14.4 Å². The number of hydrogen-bond acceptors (Lipinski definition) is 6. The fourth-order valence-electron chi connectivity index (χ4n) is 8.05. The van der Waals surface area contributed by atoms with Crippen LogP contribution in [0.5, 0.6) is 0 Å². The lowest BCUT2D eigenvalue weighted by Crippen LogP contribution is -2.30. The molecule has 0 amide bonds. The van der Waals surface area contributed by atoms with E-state index in [1.54, 1.807) is 0 Å². The predicted octanol–water partition coefficient (Wildman–Crippen LogP) is 17.2. The second-order valence-electron chi connectivity index (χ2n) is 19.5. The lowest BCUT2D eigenvalue weighted by molar-refractivity contribution is -0.167. The summed E-state index contributed by atoms with van der Waals surface area (Å²) >= 11 is 0. The lowest BCUT2D eigenvalue weighted by Gasteiger charge is -2.18. The molecule has 0 fully saturated rings. The van der Waals surface area contributed by atoms with Gasteiger partial charge in [0.15, 0.2) is 6.10 Å². The van der Waals surface area contributed by atoms with Crippen LogP contribution in [-0.2, 0) is 28.6 Å². The molecule has 0 spiro atoms. The highest BCUT2D eigenvalue weighted by Gasteiger charge is 2.19. The molecule has 0 aliphatic rings. The molecule has 0 heterocycles. The summed E-state index contributed by atoms with van der Waals surface area (Å²) in [5.74, 6) is 1.69. The van der Waals surface area contributed by atoms with E-state index in [1.807, 2.05) is 0 Å². The highest BCUT2D eigenvalue weighted by atomic mass is 16.6. The maximum atomic E-state index is 12.8. The minimum Gasteiger partial charge on any atom is -0.462 e. The number of hydrogen-bond donors (Lipinski definition) is 0. The van der Waals surface area contributed by atoms with Crippen LogP contribution in [0.1, 0.15) is 292 Å². The molecule has 0 aromatic rings. The summed E-state index contributed by atoms with van der Waals surface area (Å²) in [4.78, 5) is 38.0. The Morgan fingerprint density at radius 1 is 0.333 bits per heavy atom. The fourth-order valence-corrected chi connectivity index (χ4v) is 8.05. The molecule has 0 saturated carbocycles. The van der Waals surface area contributed by atoms with Crippen molar-refractivity contribution in [2.45, 2.75) is 298 Å². The van der Waals surface area contributed by atoms with E-state index in [-0.39, 0.29) is 31.1 Å². The van der Waals surface area contributed by atoms with Gasteiger partial charge < -0.3 is 14.2 Å². The molecule has 0 radical (unpaired) electrons. The molecule has 60 heavy (non-hydrogen) atoms. The van der Waals surface area contributed by atoms with E-state index >= 15 is 0 Å². The van der Waals surface area contributed by atoms with E-state index < -0.39 is 6.10 Å². The van der Waals surface area contributed by atoms with E-state index in [4.69, 9.17) is 14.2 Å². The van der Waals surface area contributed by atoms with Gasteiger partial charge in [-0.05, 0) is 37.0 Å². The Bertz CT molecular complexity index is 933. The second kappa shape index (κ2) is 45.4. The molecular weight excluding hydrogens is 745 g/mol. The van der Waals surface area contributed by atoms with Crippen LogP contribution in [0.3, 0.4) is 0 Å². The maximum Gasteiger partial charge on any atom is 0.306 e. The molecule has 3 atom stereocenters. The lowest BCUT2D eigenvalue weighted by atomic mass is 9.99. The van der Waals surface area contributed by atoms with Crippen molar-refractivity contribution in [3.05, 3.63) is 0 Å². The summed E-state index contributed by atoms with van der Waals surface area (Å²) in [5, 5.41) is 0. The molecule has 0 aliphatic heterocycles. The normalized spacial score (nSPS) is 13.1. The quantitative estimate of drug-likeness (QED) is 0.0345. The SMILES string of the molecule is CCC(C)CCCCCCCCCCC(=O)OC[C@@H](COC(=O)CCCCCCCCCCCCCCCCCC(C)C)OC(=O)CCCCCCCCCCC(C)CC. The van der Waals surface area contributed by atoms with Crippen molar-refractivity contribution in [2.75, 3.05) is 13.2 Å². The van der Waals surface area contributed by atoms with Gasteiger partial charge in [0.25, 0.3) is 0 Å². The third-order valence-corrected chi connectivity index (χ3v) is 12.9. The van der Waals surface area contributed by atoms with Crippen molar-refractivity contribution in [1.82, 2.24) is 0 Å². The largest absolute Gasteiger partial charge is 0.462 e. The second-order valence-corrected chi connectivity index (χ2v) is 19.5. The molecule has 6 nitrogen and oxygen atoms in total. The van der Waals surface area contributed by atoms with Crippen LogP contribution in [0.25, 0.3) is 0 Å². The van der Waals surface area contributed by atoms with Gasteiger partial charge in [0.2, 0.25) is 0 Å². The first kappa shape index (κ1) is 58.4. The molecule has 356 valence electrons. The third kappa shape index (κ3) is 44.5. The van der Waals surface area contributed by atoms with Crippen molar-refractivity contribution in [1.29, 1.82) is 0 Å². The summed E-state index contributed by atoms with van der Waals surface area (Å²) < 4.78 is 16.8. The number of carbonyl (C=O) groups excluding carboxylic acids is 3. The minimum absolute atomic E-state index is 0.0649. The van der Waals surface area contributed by atoms with Crippen molar-refractivity contribution in [2.24, 2.45) is 17.8 Å². The van der Waals surface area contributed by atoms with Gasteiger partial charge in [0.1, 0.15) is 13.2 Å². The number of esters is 3. The fraction of sp³-hybridized carbons (Fsp3) is 0.944. The van der Waals surface area contributed by atoms with Crippen LogP contribution < -0.4 is 0 Å². The Kier molecular flexibility index (Phi) is 44.2. The standard InChI is InChI=1S/C54H104O6/c1-7-49(5)41-35-29-23-18-20-26-32-38-44-53(56)59-47-51(60-54(57)45-39-33-27-21-19-24-30-36-42-50(6)8-2)46-58-52(55)43-37-31-25-17-15-13-11-9-10-12-14-16-22-28-34-40-48(3)4/h48-51H,7-47H2,1-6H3/t49?,50?,51-/m1/s1. The van der Waals surface area contributed by atoms with Gasteiger partial charge in [-0.3, -0.25) is 14.4 Å². The third-order valence-electron chi connectivity index (χ3n) is 12.9. The first-order chi connectivity index (χ1) is 29.2. The van der Waals surface area contributed by atoms with Gasteiger partial charge in [0, 0.05) is 19.3 Å². The average Bonchev–Trinajstić information content (AvgIpc) is 3.23. The highest BCUT2D eigenvalue weighted by molar-refractivity contribution is 5.71. The van der Waals surface area contributed by atoms with Crippen LogP contribution in [0, 0.1) is 17.8 Å². The van der Waals surface area contributed by atoms with Crippen LogP contribution in [0.4, 0.5) is 0 Å². The molecule has 0 aliphatic carbocycles. The molecule has 0 N–H and O–H groups in total. The number of rotatable bonds is 47. The van der Waals surface area contributed by atoms with E-state index in [0.29, 0.717) is 19.3 Å². The Balaban J connectivity index is 4.29. The van der Waals surface area contributed by atoms with Gasteiger partial charge in [-0.25, -0.2) is 0 Å². The summed E-state index contributed by atoms with van der Waals surface area (Å²) in [7, 11) is 0. The molecular formula is C54H104O6. The maximum absolute atomic E-state index is 12.8. The predicted molar refractivity (Wildman–Crippen MR) is 256 cm³/mol. The monoisotopic (exact) mass is 849 g/mol. The molecule has 0 aromatic carbocycles. The van der Waals surface area contributed by atoms with Crippen LogP contribution in [-0.4, -0.2) is 37.2 Å². The number of unbranched alkanes of at least 4 members (excludes halogenated alkanes) is 28. The van der Waals surface area contributed by atoms with Crippen molar-refractivity contribution in [3.63, 3.8) is 0 Å². The molecule has 0 rings (SSSR count).